The Hall–Kier alpha value is -0.240. The van der Waals surface area contributed by atoms with Gasteiger partial charge in [-0.15, -0.1) is 0 Å². The summed E-state index contributed by atoms with van der Waals surface area (Å²) in [5, 5.41) is 10.3. The van der Waals surface area contributed by atoms with Crippen molar-refractivity contribution in [2.24, 2.45) is 5.73 Å². The van der Waals surface area contributed by atoms with Crippen LogP contribution in [0.15, 0.2) is 0 Å². The molecule has 0 aromatic heterocycles. The number of hydrogen-bond donors (Lipinski definition) is 2. The molecular formula is C15H31NO5. The predicted molar refractivity (Wildman–Crippen MR) is 80.0 cm³/mol. The van der Waals surface area contributed by atoms with Crippen molar-refractivity contribution in [1.82, 2.24) is 0 Å². The highest BCUT2D eigenvalue weighted by molar-refractivity contribution is 4.88. The van der Waals surface area contributed by atoms with Crippen molar-refractivity contribution in [3.05, 3.63) is 0 Å². The maximum Gasteiger partial charge on any atom is 0.186 e. The third-order valence-electron chi connectivity index (χ3n) is 3.43. The first-order chi connectivity index (χ1) is 10.2. The molecule has 6 heteroatoms. The van der Waals surface area contributed by atoms with E-state index in [9.17, 15) is 5.11 Å². The Morgan fingerprint density at radius 1 is 1.05 bits per heavy atom. The summed E-state index contributed by atoms with van der Waals surface area (Å²) in [4.78, 5) is 0. The smallest absolute Gasteiger partial charge is 0.186 e. The van der Waals surface area contributed by atoms with E-state index in [0.29, 0.717) is 33.0 Å². The molecular weight excluding hydrogens is 274 g/mol. The molecule has 0 spiro atoms. The largest absolute Gasteiger partial charge is 0.387 e. The first kappa shape index (κ1) is 18.8. The zero-order valence-electron chi connectivity index (χ0n) is 13.3. The van der Waals surface area contributed by atoms with Gasteiger partial charge in [-0.25, -0.2) is 0 Å². The van der Waals surface area contributed by atoms with Gasteiger partial charge in [-0.2, -0.15) is 0 Å². The number of hydrogen-bond acceptors (Lipinski definition) is 6. The highest BCUT2D eigenvalue weighted by atomic mass is 16.7. The summed E-state index contributed by atoms with van der Waals surface area (Å²) in [6.07, 6.45) is 1.91. The summed E-state index contributed by atoms with van der Waals surface area (Å²) in [6, 6.07) is 0. The molecule has 1 saturated heterocycles. The lowest BCUT2D eigenvalue weighted by Gasteiger charge is -2.20. The minimum Gasteiger partial charge on any atom is -0.387 e. The Balaban J connectivity index is 2.43. The van der Waals surface area contributed by atoms with Crippen LogP contribution in [0.2, 0.25) is 0 Å². The lowest BCUT2D eigenvalue weighted by atomic mass is 10.1. The zero-order valence-corrected chi connectivity index (χ0v) is 13.3. The Labute approximate surface area is 127 Å². The first-order valence-electron chi connectivity index (χ1n) is 8.09. The summed E-state index contributed by atoms with van der Waals surface area (Å²) in [5.74, 6) is 0. The van der Waals surface area contributed by atoms with Crippen LogP contribution >= 0.6 is 0 Å². The molecule has 4 atom stereocenters. The molecule has 1 aliphatic heterocycles. The van der Waals surface area contributed by atoms with Gasteiger partial charge in [0.05, 0.1) is 13.2 Å². The van der Waals surface area contributed by atoms with Crippen LogP contribution in [0.5, 0.6) is 0 Å². The molecule has 21 heavy (non-hydrogen) atoms. The van der Waals surface area contributed by atoms with E-state index in [0.717, 1.165) is 25.7 Å². The SMILES string of the molecule is CCCCOC[C@H]1O[C@@H](OCCN)[C@@H](OCCCC)C1O. The van der Waals surface area contributed by atoms with E-state index in [1.54, 1.807) is 0 Å². The Morgan fingerprint density at radius 3 is 2.43 bits per heavy atom. The van der Waals surface area contributed by atoms with Crippen molar-refractivity contribution in [2.75, 3.05) is 33.0 Å². The van der Waals surface area contributed by atoms with E-state index in [2.05, 4.69) is 13.8 Å². The molecule has 6 nitrogen and oxygen atoms in total. The van der Waals surface area contributed by atoms with Crippen molar-refractivity contribution in [2.45, 2.75) is 64.1 Å². The molecule has 0 amide bonds. The third-order valence-corrected chi connectivity index (χ3v) is 3.43. The van der Waals surface area contributed by atoms with Crippen LogP contribution < -0.4 is 5.73 Å². The molecule has 0 bridgehead atoms. The fraction of sp³-hybridized carbons (Fsp3) is 1.00. The minimum absolute atomic E-state index is 0.358. The minimum atomic E-state index is -0.730. The molecule has 1 aliphatic rings. The second-order valence-electron chi connectivity index (χ2n) is 5.31. The zero-order chi connectivity index (χ0) is 15.5. The molecule has 0 aromatic rings. The maximum atomic E-state index is 10.3. The first-order valence-corrected chi connectivity index (χ1v) is 8.09. The lowest BCUT2D eigenvalue weighted by Crippen LogP contribution is -2.38. The summed E-state index contributed by atoms with van der Waals surface area (Å²) in [7, 11) is 0. The van der Waals surface area contributed by atoms with Gasteiger partial charge in [0.15, 0.2) is 6.29 Å². The molecule has 3 N–H and O–H groups in total. The quantitative estimate of drug-likeness (QED) is 0.524. The number of nitrogens with two attached hydrogens (primary N) is 1. The average Bonchev–Trinajstić information content (AvgIpc) is 2.78. The summed E-state index contributed by atoms with van der Waals surface area (Å²) >= 11 is 0. The number of aliphatic hydroxyl groups excluding tert-OH is 1. The van der Waals surface area contributed by atoms with Gasteiger partial charge in [-0.1, -0.05) is 26.7 Å². The Morgan fingerprint density at radius 2 is 1.76 bits per heavy atom. The van der Waals surface area contributed by atoms with Crippen LogP contribution in [0.1, 0.15) is 39.5 Å². The van der Waals surface area contributed by atoms with Crippen molar-refractivity contribution >= 4 is 0 Å². The topological polar surface area (TPSA) is 83.2 Å². The van der Waals surface area contributed by atoms with Crippen molar-refractivity contribution in [3.8, 4) is 0 Å². The third kappa shape index (κ3) is 6.59. The number of aliphatic hydroxyl groups is 1. The van der Waals surface area contributed by atoms with Crippen molar-refractivity contribution < 1.29 is 24.1 Å². The molecule has 1 heterocycles. The van der Waals surface area contributed by atoms with Gasteiger partial charge in [0.1, 0.15) is 18.3 Å². The molecule has 0 radical (unpaired) electrons. The van der Waals surface area contributed by atoms with Gasteiger partial charge in [0.2, 0.25) is 0 Å². The maximum absolute atomic E-state index is 10.3. The van der Waals surface area contributed by atoms with Gasteiger partial charge >= 0.3 is 0 Å². The van der Waals surface area contributed by atoms with E-state index in [1.807, 2.05) is 0 Å². The van der Waals surface area contributed by atoms with Crippen molar-refractivity contribution in [1.29, 1.82) is 0 Å². The predicted octanol–water partition coefficient (Wildman–Crippen LogP) is 1.05. The van der Waals surface area contributed by atoms with Crippen LogP contribution in [0.4, 0.5) is 0 Å². The van der Waals surface area contributed by atoms with Crippen LogP contribution in [-0.4, -0.2) is 62.7 Å². The summed E-state index contributed by atoms with van der Waals surface area (Å²) < 4.78 is 22.5. The van der Waals surface area contributed by atoms with Gasteiger partial charge in [-0.05, 0) is 12.8 Å². The van der Waals surface area contributed by atoms with Crippen LogP contribution in [0.3, 0.4) is 0 Å². The van der Waals surface area contributed by atoms with Gasteiger partial charge in [0.25, 0.3) is 0 Å². The number of unbranched alkanes of at least 4 members (excludes halogenated alkanes) is 2. The van der Waals surface area contributed by atoms with Crippen LogP contribution in [0.25, 0.3) is 0 Å². The molecule has 1 fully saturated rings. The molecule has 0 saturated carbocycles. The molecule has 1 rings (SSSR count). The summed E-state index contributed by atoms with van der Waals surface area (Å²) in [6.45, 7) is 6.63. The highest BCUT2D eigenvalue weighted by Gasteiger charge is 2.45. The normalized spacial score (nSPS) is 29.1. The van der Waals surface area contributed by atoms with Crippen LogP contribution in [-0.2, 0) is 18.9 Å². The second kappa shape index (κ2) is 11.3. The Bertz CT molecular complexity index is 254. The summed E-state index contributed by atoms with van der Waals surface area (Å²) in [5.41, 5.74) is 5.45. The fourth-order valence-electron chi connectivity index (χ4n) is 2.15. The number of ether oxygens (including phenoxy) is 4. The molecule has 0 aromatic carbocycles. The Kier molecular flexibility index (Phi) is 10.2. The van der Waals surface area contributed by atoms with E-state index in [1.165, 1.54) is 0 Å². The average molecular weight is 305 g/mol. The van der Waals surface area contributed by atoms with E-state index < -0.39 is 24.6 Å². The van der Waals surface area contributed by atoms with Gasteiger partial charge < -0.3 is 29.8 Å². The molecule has 1 unspecified atom stereocenters. The lowest BCUT2D eigenvalue weighted by molar-refractivity contribution is -0.180. The standard InChI is InChI=1S/C15H31NO5/c1-3-5-8-18-11-12-13(17)14(19-9-6-4-2)15(21-12)20-10-7-16/h12-15,17H,3-11,16H2,1-2H3/t12-,13?,14+,15-/m1/s1. The van der Waals surface area contributed by atoms with E-state index in [4.69, 9.17) is 24.7 Å². The molecule has 0 aliphatic carbocycles. The van der Waals surface area contributed by atoms with Crippen molar-refractivity contribution in [3.63, 3.8) is 0 Å². The molecule has 126 valence electrons. The van der Waals surface area contributed by atoms with E-state index >= 15 is 0 Å². The number of rotatable bonds is 12. The highest BCUT2D eigenvalue weighted by Crippen LogP contribution is 2.25. The van der Waals surface area contributed by atoms with Gasteiger partial charge in [0, 0.05) is 19.8 Å². The fourth-order valence-corrected chi connectivity index (χ4v) is 2.15. The second-order valence-corrected chi connectivity index (χ2v) is 5.31. The van der Waals surface area contributed by atoms with Gasteiger partial charge in [-0.3, -0.25) is 0 Å². The van der Waals surface area contributed by atoms with Crippen LogP contribution in [0, 0.1) is 0 Å². The monoisotopic (exact) mass is 305 g/mol. The van der Waals surface area contributed by atoms with E-state index in [-0.39, 0.29) is 0 Å².